The summed E-state index contributed by atoms with van der Waals surface area (Å²) in [7, 11) is 0. The van der Waals surface area contributed by atoms with Crippen molar-refractivity contribution in [1.29, 1.82) is 0 Å². The van der Waals surface area contributed by atoms with Crippen LogP contribution in [0.4, 0.5) is 0 Å². The van der Waals surface area contributed by atoms with E-state index in [0.717, 1.165) is 0 Å². The smallest absolute Gasteiger partial charge is 0.326 e. The Labute approximate surface area is 200 Å². The van der Waals surface area contributed by atoms with Gasteiger partial charge in [-0.05, 0) is 81.1 Å². The van der Waals surface area contributed by atoms with Crippen LogP contribution in [-0.2, 0) is 23.9 Å². The third kappa shape index (κ3) is 14.3. The number of hydrogen-bond acceptors (Lipinski definition) is 5. The van der Waals surface area contributed by atoms with E-state index in [1.54, 1.807) is 13.8 Å². The van der Waals surface area contributed by atoms with Crippen molar-refractivity contribution in [3.05, 3.63) is 0 Å². The van der Waals surface area contributed by atoms with Gasteiger partial charge in [-0.15, -0.1) is 0 Å². The highest BCUT2D eigenvalue weighted by Gasteiger charge is 2.32. The molecule has 0 saturated carbocycles. The van der Waals surface area contributed by atoms with Crippen LogP contribution in [0.1, 0.15) is 94.9 Å². The minimum Gasteiger partial charge on any atom is -0.480 e. The van der Waals surface area contributed by atoms with Crippen LogP contribution in [-0.4, -0.2) is 59.9 Å². The van der Waals surface area contributed by atoms with Crippen molar-refractivity contribution in [2.24, 2.45) is 10.8 Å². The maximum absolute atomic E-state index is 12.7. The van der Waals surface area contributed by atoms with Crippen LogP contribution in [0.3, 0.4) is 0 Å². The van der Waals surface area contributed by atoms with E-state index in [1.165, 1.54) is 0 Å². The van der Waals surface area contributed by atoms with Crippen molar-refractivity contribution >= 4 is 17.8 Å². The van der Waals surface area contributed by atoms with Gasteiger partial charge in [0.2, 0.25) is 11.8 Å². The first-order chi connectivity index (χ1) is 14.8. The molecular weight excluding hydrogens is 424 g/mol. The molecule has 8 heteroatoms. The molecule has 0 aliphatic carbocycles. The summed E-state index contributed by atoms with van der Waals surface area (Å²) in [6, 6.07) is -0.965. The molecule has 0 aliphatic heterocycles. The molecule has 8 nitrogen and oxygen atoms in total. The zero-order valence-corrected chi connectivity index (χ0v) is 22.5. The number of rotatable bonds is 14. The van der Waals surface area contributed by atoms with E-state index in [1.807, 2.05) is 55.4 Å². The molecule has 0 spiro atoms. The van der Waals surface area contributed by atoms with Gasteiger partial charge in [-0.2, -0.15) is 0 Å². The summed E-state index contributed by atoms with van der Waals surface area (Å²) in [6.07, 6.45) is 1.96. The number of carbonyl (C=O) groups is 3. The van der Waals surface area contributed by atoms with E-state index in [-0.39, 0.29) is 23.0 Å². The van der Waals surface area contributed by atoms with Gasteiger partial charge in [0, 0.05) is 18.6 Å². The molecule has 194 valence electrons. The summed E-state index contributed by atoms with van der Waals surface area (Å²) in [5, 5.41) is 15.1. The van der Waals surface area contributed by atoms with Crippen molar-refractivity contribution < 1.29 is 29.0 Å². The van der Waals surface area contributed by atoms with Gasteiger partial charge < -0.3 is 25.2 Å². The summed E-state index contributed by atoms with van der Waals surface area (Å²) in [5.41, 5.74) is -2.01. The van der Waals surface area contributed by atoms with Crippen LogP contribution in [0, 0.1) is 10.8 Å². The fourth-order valence-electron chi connectivity index (χ4n) is 2.71. The molecule has 3 N–H and O–H groups in total. The van der Waals surface area contributed by atoms with Crippen molar-refractivity contribution in [1.82, 2.24) is 10.6 Å². The van der Waals surface area contributed by atoms with Crippen LogP contribution in [0.25, 0.3) is 0 Å². The monoisotopic (exact) mass is 472 g/mol. The fourth-order valence-corrected chi connectivity index (χ4v) is 2.71. The van der Waals surface area contributed by atoms with Gasteiger partial charge in [0.1, 0.15) is 6.04 Å². The first-order valence-corrected chi connectivity index (χ1v) is 11.9. The summed E-state index contributed by atoms with van der Waals surface area (Å²) in [4.78, 5) is 36.7. The van der Waals surface area contributed by atoms with Crippen LogP contribution in [0.5, 0.6) is 0 Å². The Kier molecular flexibility index (Phi) is 12.1. The number of carboxylic acid groups (broad SMARTS) is 1. The topological polar surface area (TPSA) is 114 Å². The zero-order valence-electron chi connectivity index (χ0n) is 22.5. The molecule has 0 bridgehead atoms. The summed E-state index contributed by atoms with van der Waals surface area (Å²) >= 11 is 0. The molecule has 1 unspecified atom stereocenters. The first kappa shape index (κ1) is 31.3. The molecule has 0 aliphatic rings. The van der Waals surface area contributed by atoms with Crippen LogP contribution < -0.4 is 10.6 Å². The molecule has 1 atom stereocenters. The van der Waals surface area contributed by atoms with Gasteiger partial charge >= 0.3 is 5.97 Å². The average molecular weight is 473 g/mol. The molecule has 0 rings (SSSR count). The van der Waals surface area contributed by atoms with Crippen molar-refractivity contribution in [3.8, 4) is 0 Å². The molecule has 0 fully saturated rings. The lowest BCUT2D eigenvalue weighted by atomic mass is 9.88. The van der Waals surface area contributed by atoms with Crippen LogP contribution >= 0.6 is 0 Å². The Morgan fingerprint density at radius 3 is 1.82 bits per heavy atom. The first-order valence-electron chi connectivity index (χ1n) is 11.9. The average Bonchev–Trinajstić information content (AvgIpc) is 2.62. The van der Waals surface area contributed by atoms with E-state index in [4.69, 9.17) is 9.47 Å². The van der Waals surface area contributed by atoms with E-state index >= 15 is 0 Å². The third-order valence-electron chi connectivity index (χ3n) is 5.17. The van der Waals surface area contributed by atoms with E-state index in [0.29, 0.717) is 45.4 Å². The van der Waals surface area contributed by atoms with Crippen molar-refractivity contribution in [2.75, 3.05) is 19.8 Å². The Bertz CT molecular complexity index is 644. The van der Waals surface area contributed by atoms with Gasteiger partial charge in [0.25, 0.3) is 0 Å². The number of amides is 2. The Morgan fingerprint density at radius 2 is 1.33 bits per heavy atom. The maximum Gasteiger partial charge on any atom is 0.326 e. The van der Waals surface area contributed by atoms with E-state index in [2.05, 4.69) is 10.6 Å². The lowest BCUT2D eigenvalue weighted by Crippen LogP contribution is -2.47. The summed E-state index contributed by atoms with van der Waals surface area (Å²) in [6.45, 7) is 20.1. The van der Waals surface area contributed by atoms with Crippen LogP contribution in [0.15, 0.2) is 0 Å². The molecule has 0 aromatic rings. The van der Waals surface area contributed by atoms with Crippen molar-refractivity contribution in [2.45, 2.75) is 112 Å². The SMILES string of the molecule is CC(C)(C)OCCC(C)(C)C(=O)NC(CCCCNC(=O)C(C)(C)COC(C)(C)C)C(=O)O. The van der Waals surface area contributed by atoms with E-state index < -0.39 is 22.8 Å². The second kappa shape index (κ2) is 12.7. The quantitative estimate of drug-likeness (QED) is 0.330. The van der Waals surface area contributed by atoms with Gasteiger partial charge in [-0.1, -0.05) is 13.8 Å². The normalized spacial score (nSPS) is 14.0. The molecule has 2 amide bonds. The molecule has 0 radical (unpaired) electrons. The van der Waals surface area contributed by atoms with Gasteiger partial charge in [-0.3, -0.25) is 9.59 Å². The Hall–Kier alpha value is -1.67. The van der Waals surface area contributed by atoms with Gasteiger partial charge in [0.15, 0.2) is 0 Å². The number of unbranched alkanes of at least 4 members (excludes halogenated alkanes) is 1. The van der Waals surface area contributed by atoms with E-state index in [9.17, 15) is 19.5 Å². The standard InChI is InChI=1S/C25H48N2O6/c1-22(2,3)32-16-14-24(7,8)21(31)27-18(19(28)29)13-11-12-15-26-20(30)25(9,10)17-33-23(4,5)6/h18H,11-17H2,1-10H3,(H,26,30)(H,27,31)(H,28,29). The lowest BCUT2D eigenvalue weighted by molar-refractivity contribution is -0.144. The molecule has 33 heavy (non-hydrogen) atoms. The molecule has 0 aromatic carbocycles. The molecule has 0 saturated heterocycles. The minimum absolute atomic E-state index is 0.103. The predicted molar refractivity (Wildman–Crippen MR) is 130 cm³/mol. The van der Waals surface area contributed by atoms with Gasteiger partial charge in [0.05, 0.1) is 23.2 Å². The molecule has 0 aromatic heterocycles. The van der Waals surface area contributed by atoms with Crippen LogP contribution in [0.2, 0.25) is 0 Å². The maximum atomic E-state index is 12.7. The lowest BCUT2D eigenvalue weighted by Gasteiger charge is -2.29. The minimum atomic E-state index is -1.06. The highest BCUT2D eigenvalue weighted by molar-refractivity contribution is 5.86. The number of aliphatic carboxylic acids is 1. The Morgan fingerprint density at radius 1 is 0.788 bits per heavy atom. The highest BCUT2D eigenvalue weighted by atomic mass is 16.5. The number of hydrogen-bond donors (Lipinski definition) is 3. The predicted octanol–water partition coefficient (Wildman–Crippen LogP) is 3.92. The molecular formula is C25H48N2O6. The summed E-state index contributed by atoms with van der Waals surface area (Å²) < 4.78 is 11.4. The van der Waals surface area contributed by atoms with Crippen molar-refractivity contribution in [3.63, 3.8) is 0 Å². The number of carboxylic acids is 1. The zero-order chi connectivity index (χ0) is 26.1. The number of ether oxygens (including phenoxy) is 2. The highest BCUT2D eigenvalue weighted by Crippen LogP contribution is 2.23. The second-order valence-electron chi connectivity index (χ2n) is 12.0. The number of carbonyl (C=O) groups excluding carboxylic acids is 2. The Balaban J connectivity index is 4.50. The summed E-state index contributed by atoms with van der Waals surface area (Å²) in [5.74, 6) is -1.47. The number of nitrogens with one attached hydrogen (secondary N) is 2. The van der Waals surface area contributed by atoms with Gasteiger partial charge in [-0.25, -0.2) is 4.79 Å². The largest absolute Gasteiger partial charge is 0.480 e. The second-order valence-corrected chi connectivity index (χ2v) is 12.0. The molecule has 0 heterocycles. The third-order valence-corrected chi connectivity index (χ3v) is 5.17. The fraction of sp³-hybridized carbons (Fsp3) is 0.880.